The monoisotopic (exact) mass is 151 g/mol. The lowest BCUT2D eigenvalue weighted by molar-refractivity contribution is 0.474. The van der Waals surface area contributed by atoms with E-state index in [9.17, 15) is 0 Å². The first-order valence-corrected chi connectivity index (χ1v) is 3.73. The van der Waals surface area contributed by atoms with Crippen LogP contribution in [0.5, 0.6) is 5.75 Å². The zero-order chi connectivity index (χ0) is 8.27. The van der Waals surface area contributed by atoms with Crippen molar-refractivity contribution < 1.29 is 5.11 Å². The van der Waals surface area contributed by atoms with Crippen LogP contribution >= 0.6 is 0 Å². The second-order valence-electron chi connectivity index (χ2n) is 2.73. The Bertz CT molecular complexity index is 235. The van der Waals surface area contributed by atoms with Crippen molar-refractivity contribution in [2.24, 2.45) is 5.73 Å². The van der Waals surface area contributed by atoms with E-state index >= 15 is 0 Å². The van der Waals surface area contributed by atoms with Crippen LogP contribution in [0.1, 0.15) is 18.4 Å². The van der Waals surface area contributed by atoms with Gasteiger partial charge in [-0.25, -0.2) is 0 Å². The Morgan fingerprint density at radius 2 is 2.27 bits per heavy atom. The predicted octanol–water partition coefficient (Wildman–Crippen LogP) is 1.45. The molecule has 0 radical (unpaired) electrons. The Morgan fingerprint density at radius 1 is 1.55 bits per heavy atom. The molecular formula is C9H13NO. The van der Waals surface area contributed by atoms with Gasteiger partial charge in [0.05, 0.1) is 0 Å². The smallest absolute Gasteiger partial charge is 0.115 e. The number of nitrogens with two attached hydrogens (primary N) is 1. The number of rotatable bonds is 2. The van der Waals surface area contributed by atoms with Crippen molar-refractivity contribution in [2.45, 2.75) is 12.8 Å². The highest BCUT2D eigenvalue weighted by molar-refractivity contribution is 5.29. The molecule has 1 rings (SSSR count). The van der Waals surface area contributed by atoms with E-state index in [0.717, 1.165) is 5.56 Å². The highest BCUT2D eigenvalue weighted by Gasteiger charge is 2.02. The molecule has 2 nitrogen and oxygen atoms in total. The Kier molecular flexibility index (Phi) is 2.49. The van der Waals surface area contributed by atoms with Crippen LogP contribution < -0.4 is 5.73 Å². The topological polar surface area (TPSA) is 46.2 Å². The fourth-order valence-electron chi connectivity index (χ4n) is 0.967. The molecule has 2 heteroatoms. The first-order valence-electron chi connectivity index (χ1n) is 3.73. The summed E-state index contributed by atoms with van der Waals surface area (Å²) in [6.45, 7) is 2.65. The standard InChI is InChI=1S/C9H13NO/c1-7(6-10)8-3-2-4-9(11)5-8/h2-5,7,11H,6,10H2,1H3. The molecule has 0 saturated heterocycles. The van der Waals surface area contributed by atoms with Gasteiger partial charge < -0.3 is 10.8 Å². The Balaban J connectivity index is 2.86. The van der Waals surface area contributed by atoms with Crippen LogP contribution in [0.4, 0.5) is 0 Å². The Hall–Kier alpha value is -1.02. The second-order valence-corrected chi connectivity index (χ2v) is 2.73. The average Bonchev–Trinajstić information content (AvgIpc) is 2.03. The summed E-state index contributed by atoms with van der Waals surface area (Å²) in [4.78, 5) is 0. The zero-order valence-electron chi connectivity index (χ0n) is 6.62. The molecule has 0 amide bonds. The van der Waals surface area contributed by atoms with Crippen molar-refractivity contribution in [3.63, 3.8) is 0 Å². The molecule has 1 unspecified atom stereocenters. The molecule has 0 fully saturated rings. The lowest BCUT2D eigenvalue weighted by Gasteiger charge is -2.07. The van der Waals surface area contributed by atoms with Crippen LogP contribution in [0, 0.1) is 0 Å². The minimum Gasteiger partial charge on any atom is -0.508 e. The largest absolute Gasteiger partial charge is 0.508 e. The summed E-state index contributed by atoms with van der Waals surface area (Å²) in [7, 11) is 0. The molecule has 11 heavy (non-hydrogen) atoms. The first-order chi connectivity index (χ1) is 5.24. The summed E-state index contributed by atoms with van der Waals surface area (Å²) in [5.74, 6) is 0.630. The molecule has 1 atom stereocenters. The van der Waals surface area contributed by atoms with E-state index in [1.54, 1.807) is 12.1 Å². The number of aromatic hydroxyl groups is 1. The van der Waals surface area contributed by atoms with Crippen molar-refractivity contribution in [1.29, 1.82) is 0 Å². The van der Waals surface area contributed by atoms with Crippen LogP contribution in [0.2, 0.25) is 0 Å². The van der Waals surface area contributed by atoms with Crippen LogP contribution in [0.25, 0.3) is 0 Å². The van der Waals surface area contributed by atoms with Crippen LogP contribution in [0.3, 0.4) is 0 Å². The molecule has 1 aromatic carbocycles. The molecule has 0 bridgehead atoms. The molecule has 0 aliphatic rings. The maximum atomic E-state index is 9.12. The summed E-state index contributed by atoms with van der Waals surface area (Å²) >= 11 is 0. The minimum absolute atomic E-state index is 0.308. The SMILES string of the molecule is CC(CN)c1cccc(O)c1. The van der Waals surface area contributed by atoms with E-state index in [-0.39, 0.29) is 0 Å². The Labute approximate surface area is 66.7 Å². The van der Waals surface area contributed by atoms with E-state index in [1.165, 1.54) is 0 Å². The zero-order valence-corrected chi connectivity index (χ0v) is 6.62. The fourth-order valence-corrected chi connectivity index (χ4v) is 0.967. The Morgan fingerprint density at radius 3 is 2.82 bits per heavy atom. The van der Waals surface area contributed by atoms with Gasteiger partial charge in [0.25, 0.3) is 0 Å². The number of hydrogen-bond donors (Lipinski definition) is 2. The molecule has 3 N–H and O–H groups in total. The van der Waals surface area contributed by atoms with Crippen molar-refractivity contribution in [3.8, 4) is 5.75 Å². The van der Waals surface area contributed by atoms with E-state index < -0.39 is 0 Å². The third kappa shape index (κ3) is 1.95. The molecule has 60 valence electrons. The number of hydrogen-bond acceptors (Lipinski definition) is 2. The highest BCUT2D eigenvalue weighted by atomic mass is 16.3. The van der Waals surface area contributed by atoms with Gasteiger partial charge in [-0.2, -0.15) is 0 Å². The second kappa shape index (κ2) is 3.39. The minimum atomic E-state index is 0.308. The molecule has 1 aromatic rings. The van der Waals surface area contributed by atoms with Crippen molar-refractivity contribution in [3.05, 3.63) is 29.8 Å². The third-order valence-corrected chi connectivity index (χ3v) is 1.79. The van der Waals surface area contributed by atoms with Gasteiger partial charge in [-0.15, -0.1) is 0 Å². The number of phenolic OH excluding ortho intramolecular Hbond substituents is 1. The molecule has 0 aliphatic heterocycles. The average molecular weight is 151 g/mol. The summed E-state index contributed by atoms with van der Waals surface area (Å²) in [5, 5.41) is 9.12. The van der Waals surface area contributed by atoms with E-state index in [1.807, 2.05) is 19.1 Å². The van der Waals surface area contributed by atoms with Gasteiger partial charge in [0.15, 0.2) is 0 Å². The number of phenols is 1. The maximum Gasteiger partial charge on any atom is 0.115 e. The van der Waals surface area contributed by atoms with Gasteiger partial charge >= 0.3 is 0 Å². The van der Waals surface area contributed by atoms with Gasteiger partial charge in [0.2, 0.25) is 0 Å². The lowest BCUT2D eigenvalue weighted by Crippen LogP contribution is -2.08. The summed E-state index contributed by atoms with van der Waals surface area (Å²) in [5.41, 5.74) is 6.56. The number of benzene rings is 1. The van der Waals surface area contributed by atoms with Gasteiger partial charge in [-0.3, -0.25) is 0 Å². The van der Waals surface area contributed by atoms with Crippen molar-refractivity contribution in [2.75, 3.05) is 6.54 Å². The van der Waals surface area contributed by atoms with Gasteiger partial charge in [-0.1, -0.05) is 19.1 Å². The van der Waals surface area contributed by atoms with Crippen molar-refractivity contribution >= 4 is 0 Å². The normalized spacial score (nSPS) is 12.9. The van der Waals surface area contributed by atoms with E-state index in [4.69, 9.17) is 10.8 Å². The summed E-state index contributed by atoms with van der Waals surface area (Å²) < 4.78 is 0. The molecule has 0 aromatic heterocycles. The predicted molar refractivity (Wildman–Crippen MR) is 45.6 cm³/mol. The summed E-state index contributed by atoms with van der Waals surface area (Å²) in [6.07, 6.45) is 0. The molecular weight excluding hydrogens is 138 g/mol. The highest BCUT2D eigenvalue weighted by Crippen LogP contribution is 2.18. The maximum absolute atomic E-state index is 9.12. The molecule has 0 heterocycles. The molecule has 0 spiro atoms. The van der Waals surface area contributed by atoms with E-state index in [0.29, 0.717) is 18.2 Å². The van der Waals surface area contributed by atoms with Gasteiger partial charge in [-0.05, 0) is 30.2 Å². The first kappa shape index (κ1) is 8.08. The van der Waals surface area contributed by atoms with Crippen LogP contribution in [0.15, 0.2) is 24.3 Å². The quantitative estimate of drug-likeness (QED) is 0.672. The van der Waals surface area contributed by atoms with Crippen molar-refractivity contribution in [1.82, 2.24) is 0 Å². The summed E-state index contributed by atoms with van der Waals surface area (Å²) in [6, 6.07) is 7.21. The lowest BCUT2D eigenvalue weighted by atomic mass is 10.0. The molecule has 0 saturated carbocycles. The fraction of sp³-hybridized carbons (Fsp3) is 0.333. The van der Waals surface area contributed by atoms with Gasteiger partial charge in [0, 0.05) is 0 Å². The third-order valence-electron chi connectivity index (χ3n) is 1.79. The molecule has 0 aliphatic carbocycles. The van der Waals surface area contributed by atoms with E-state index in [2.05, 4.69) is 0 Å². The van der Waals surface area contributed by atoms with Crippen LogP contribution in [-0.4, -0.2) is 11.7 Å². The van der Waals surface area contributed by atoms with Crippen LogP contribution in [-0.2, 0) is 0 Å². The van der Waals surface area contributed by atoms with Gasteiger partial charge in [0.1, 0.15) is 5.75 Å².